The number of aldehydes is 1. The molecule has 1 atom stereocenters. The summed E-state index contributed by atoms with van der Waals surface area (Å²) in [7, 11) is 4.85. The van der Waals surface area contributed by atoms with Gasteiger partial charge in [0.1, 0.15) is 12.0 Å². The Kier molecular flexibility index (Phi) is 16.4. The largest absolute Gasteiger partial charge is 0.491 e. The van der Waals surface area contributed by atoms with Gasteiger partial charge in [-0.1, -0.05) is 51.1 Å². The van der Waals surface area contributed by atoms with Gasteiger partial charge in [-0.05, 0) is 99.8 Å². The molecule has 0 aromatic heterocycles. The van der Waals surface area contributed by atoms with E-state index >= 15 is 0 Å². The Hall–Kier alpha value is -2.74. The first-order valence-electron chi connectivity index (χ1n) is 14.4. The molecule has 224 valence electrons. The maximum absolute atomic E-state index is 11.1. The average molecular weight is 556 g/mol. The molecule has 2 aromatic carbocycles. The highest BCUT2D eigenvalue weighted by atomic mass is 16.5. The Morgan fingerprint density at radius 1 is 1.00 bits per heavy atom. The molecule has 4 rings (SSSR count). The Balaban J connectivity index is 0.000000295. The first-order valence-corrected chi connectivity index (χ1v) is 14.4. The second kappa shape index (κ2) is 18.6. The molecule has 40 heavy (non-hydrogen) atoms. The van der Waals surface area contributed by atoms with Crippen LogP contribution in [0.25, 0.3) is 0 Å². The van der Waals surface area contributed by atoms with Crippen molar-refractivity contribution >= 4 is 12.2 Å². The minimum atomic E-state index is -0.423. The SMILES string of the molecule is CC(C)Oc1ccc2c(c1)CN(C)CC2.CNCC(=O)NC(C=O)C(C)(C)C.CO.c1ccc2c(c1)CCCC2. The number of likely N-dealkylation sites (N-methyl/N-ethyl adjacent to an activating group) is 2. The summed E-state index contributed by atoms with van der Waals surface area (Å²) in [6.07, 6.45) is 7.56. The van der Waals surface area contributed by atoms with E-state index in [9.17, 15) is 9.59 Å². The number of nitrogens with one attached hydrogen (secondary N) is 2. The summed E-state index contributed by atoms with van der Waals surface area (Å²) >= 11 is 0. The molecule has 1 aliphatic carbocycles. The van der Waals surface area contributed by atoms with E-state index < -0.39 is 6.04 Å². The van der Waals surface area contributed by atoms with Crippen molar-refractivity contribution in [2.75, 3.05) is 34.3 Å². The van der Waals surface area contributed by atoms with Crippen LogP contribution in [-0.4, -0.2) is 68.6 Å². The second-order valence-electron chi connectivity index (χ2n) is 11.6. The minimum Gasteiger partial charge on any atom is -0.491 e. The van der Waals surface area contributed by atoms with Crippen LogP contribution in [0.1, 0.15) is 69.7 Å². The number of benzene rings is 2. The van der Waals surface area contributed by atoms with E-state index in [1.54, 1.807) is 18.2 Å². The standard InChI is InChI=1S/C13H19NO.C10H12.C9H18N2O2.CH4O/c1-10(2)15-13-5-4-11-6-7-14(3)9-12(11)8-13;1-2-6-10-8-4-3-7-9(10)5-1;1-9(2,3)7(6-12)11-8(13)5-10-4;1-2/h4-5,8,10H,6-7,9H2,1-3H3;1-2,5-6H,3-4,7-8H2;6-7,10H,5H2,1-4H3,(H,11,13);2H,1H3. The Labute approximate surface area is 242 Å². The van der Waals surface area contributed by atoms with Crippen LogP contribution in [0.15, 0.2) is 42.5 Å². The van der Waals surface area contributed by atoms with Crippen molar-refractivity contribution in [3.63, 3.8) is 0 Å². The molecule has 0 fully saturated rings. The molecule has 1 amide bonds. The number of carbonyl (C=O) groups excluding carboxylic acids is 2. The first-order chi connectivity index (χ1) is 19.0. The number of aryl methyl sites for hydroxylation is 2. The van der Waals surface area contributed by atoms with Gasteiger partial charge in [-0.3, -0.25) is 4.79 Å². The topological polar surface area (TPSA) is 90.9 Å². The highest BCUT2D eigenvalue weighted by molar-refractivity contribution is 5.81. The van der Waals surface area contributed by atoms with Gasteiger partial charge < -0.3 is 30.2 Å². The zero-order valence-corrected chi connectivity index (χ0v) is 26.0. The van der Waals surface area contributed by atoms with E-state index in [0.29, 0.717) is 0 Å². The van der Waals surface area contributed by atoms with E-state index in [1.165, 1.54) is 36.8 Å². The molecule has 2 aromatic rings. The van der Waals surface area contributed by atoms with Crippen LogP contribution in [0, 0.1) is 5.41 Å². The number of fused-ring (bicyclic) bond motifs is 2. The fourth-order valence-electron chi connectivity index (χ4n) is 4.54. The molecule has 7 heteroatoms. The van der Waals surface area contributed by atoms with E-state index in [4.69, 9.17) is 9.84 Å². The van der Waals surface area contributed by atoms with Gasteiger partial charge in [-0.2, -0.15) is 0 Å². The normalized spacial score (nSPS) is 14.8. The van der Waals surface area contributed by atoms with E-state index in [0.717, 1.165) is 38.7 Å². The van der Waals surface area contributed by atoms with Crippen molar-refractivity contribution in [2.24, 2.45) is 5.41 Å². The monoisotopic (exact) mass is 555 g/mol. The number of rotatable bonds is 6. The number of aliphatic hydroxyl groups excluding tert-OH is 1. The fourth-order valence-corrected chi connectivity index (χ4v) is 4.54. The van der Waals surface area contributed by atoms with Gasteiger partial charge >= 0.3 is 0 Å². The summed E-state index contributed by atoms with van der Waals surface area (Å²) in [4.78, 5) is 24.1. The van der Waals surface area contributed by atoms with Gasteiger partial charge in [0.2, 0.25) is 5.91 Å². The van der Waals surface area contributed by atoms with Crippen LogP contribution in [0.2, 0.25) is 0 Å². The summed E-state index contributed by atoms with van der Waals surface area (Å²) in [6.45, 7) is 12.3. The van der Waals surface area contributed by atoms with Crippen molar-refractivity contribution in [3.05, 3.63) is 64.7 Å². The molecule has 2 aliphatic rings. The van der Waals surface area contributed by atoms with E-state index in [2.05, 4.69) is 78.9 Å². The quantitative estimate of drug-likeness (QED) is 0.453. The molecule has 7 nitrogen and oxygen atoms in total. The number of ether oxygens (including phenoxy) is 1. The number of amides is 1. The zero-order chi connectivity index (χ0) is 30.1. The zero-order valence-electron chi connectivity index (χ0n) is 26.0. The summed E-state index contributed by atoms with van der Waals surface area (Å²) < 4.78 is 5.70. The highest BCUT2D eigenvalue weighted by Crippen LogP contribution is 2.24. The fraction of sp³-hybridized carbons (Fsp3) is 0.576. The predicted molar refractivity (Wildman–Crippen MR) is 165 cm³/mol. The molecular weight excluding hydrogens is 502 g/mol. The predicted octanol–water partition coefficient (Wildman–Crippen LogP) is 4.57. The third kappa shape index (κ3) is 13.1. The van der Waals surface area contributed by atoms with Crippen molar-refractivity contribution in [3.8, 4) is 5.75 Å². The van der Waals surface area contributed by atoms with Gasteiger partial charge in [0.15, 0.2) is 0 Å². The minimum absolute atomic E-state index is 0.158. The van der Waals surface area contributed by atoms with Crippen LogP contribution < -0.4 is 15.4 Å². The molecule has 0 spiro atoms. The number of nitrogens with zero attached hydrogens (tertiary/aromatic N) is 1. The Morgan fingerprint density at radius 3 is 2.08 bits per heavy atom. The second-order valence-corrected chi connectivity index (χ2v) is 11.6. The molecule has 0 saturated heterocycles. The number of hydrogen-bond acceptors (Lipinski definition) is 6. The van der Waals surface area contributed by atoms with E-state index in [-0.39, 0.29) is 24.0 Å². The lowest BCUT2D eigenvalue weighted by atomic mass is 9.88. The Bertz CT molecular complexity index is 992. The number of carbonyl (C=O) groups is 2. The highest BCUT2D eigenvalue weighted by Gasteiger charge is 2.25. The van der Waals surface area contributed by atoms with Gasteiger partial charge in [0.25, 0.3) is 0 Å². The summed E-state index contributed by atoms with van der Waals surface area (Å²) in [5, 5.41) is 12.4. The van der Waals surface area contributed by atoms with Crippen LogP contribution in [0.4, 0.5) is 0 Å². The first kappa shape index (κ1) is 35.3. The van der Waals surface area contributed by atoms with Crippen LogP contribution in [0.3, 0.4) is 0 Å². The van der Waals surface area contributed by atoms with Crippen molar-refractivity contribution < 1.29 is 19.4 Å². The molecule has 0 bridgehead atoms. The van der Waals surface area contributed by atoms with Gasteiger partial charge in [0, 0.05) is 20.2 Å². The third-order valence-corrected chi connectivity index (χ3v) is 6.74. The lowest BCUT2D eigenvalue weighted by molar-refractivity contribution is -0.124. The average Bonchev–Trinajstić information content (AvgIpc) is 2.92. The molecule has 0 saturated carbocycles. The molecule has 1 heterocycles. The van der Waals surface area contributed by atoms with E-state index in [1.807, 2.05) is 20.8 Å². The van der Waals surface area contributed by atoms with Crippen LogP contribution >= 0.6 is 0 Å². The smallest absolute Gasteiger partial charge is 0.234 e. The lowest BCUT2D eigenvalue weighted by Crippen LogP contribution is -2.47. The molecular formula is C33H53N3O4. The number of aliphatic hydroxyl groups is 1. The van der Waals surface area contributed by atoms with Crippen molar-refractivity contribution in [1.29, 1.82) is 0 Å². The summed E-state index contributed by atoms with van der Waals surface area (Å²) in [5.41, 5.74) is 5.82. The summed E-state index contributed by atoms with van der Waals surface area (Å²) in [6, 6.07) is 14.9. The van der Waals surface area contributed by atoms with Gasteiger partial charge in [-0.25, -0.2) is 0 Å². The maximum atomic E-state index is 11.1. The summed E-state index contributed by atoms with van der Waals surface area (Å²) in [5.74, 6) is 0.841. The van der Waals surface area contributed by atoms with Crippen LogP contribution in [0.5, 0.6) is 5.75 Å². The van der Waals surface area contributed by atoms with Crippen molar-refractivity contribution in [2.45, 2.75) is 85.4 Å². The van der Waals surface area contributed by atoms with Crippen LogP contribution in [-0.2, 0) is 35.4 Å². The molecule has 3 N–H and O–H groups in total. The molecule has 1 unspecified atom stereocenters. The van der Waals surface area contributed by atoms with Gasteiger partial charge in [-0.15, -0.1) is 0 Å². The molecule has 1 aliphatic heterocycles. The van der Waals surface area contributed by atoms with Gasteiger partial charge in [0.05, 0.1) is 18.7 Å². The molecule has 0 radical (unpaired) electrons. The lowest BCUT2D eigenvalue weighted by Gasteiger charge is -2.26. The Morgan fingerprint density at radius 2 is 1.57 bits per heavy atom. The third-order valence-electron chi connectivity index (χ3n) is 6.74. The number of hydrogen-bond donors (Lipinski definition) is 3. The maximum Gasteiger partial charge on any atom is 0.234 e. The van der Waals surface area contributed by atoms with Crippen molar-refractivity contribution in [1.82, 2.24) is 15.5 Å².